The van der Waals surface area contributed by atoms with Crippen LogP contribution in [0.5, 0.6) is 0 Å². The first-order valence-electron chi connectivity index (χ1n) is 5.97. The van der Waals surface area contributed by atoms with E-state index in [1.54, 1.807) is 19.3 Å². The van der Waals surface area contributed by atoms with Crippen LogP contribution in [0.1, 0.15) is 16.1 Å². The first kappa shape index (κ1) is 13.0. The van der Waals surface area contributed by atoms with E-state index in [-0.39, 0.29) is 5.91 Å². The van der Waals surface area contributed by atoms with Gasteiger partial charge in [0.05, 0.1) is 0 Å². The first-order chi connectivity index (χ1) is 9.22. The van der Waals surface area contributed by atoms with Gasteiger partial charge in [0.1, 0.15) is 5.69 Å². The Morgan fingerprint density at radius 3 is 2.58 bits per heavy atom. The fourth-order valence-corrected chi connectivity index (χ4v) is 1.65. The number of rotatable bonds is 4. The van der Waals surface area contributed by atoms with Gasteiger partial charge in [-0.15, -0.1) is 0 Å². The minimum Gasteiger partial charge on any atom is -0.355 e. The molecule has 0 bridgehead atoms. The van der Waals surface area contributed by atoms with Crippen LogP contribution in [-0.4, -0.2) is 17.9 Å². The molecule has 0 aliphatic carbocycles. The summed E-state index contributed by atoms with van der Waals surface area (Å²) in [4.78, 5) is 15.5. The number of amides is 1. The number of anilines is 2. The highest BCUT2D eigenvalue weighted by atomic mass is 16.1. The Hall–Kier alpha value is -2.40. The van der Waals surface area contributed by atoms with Gasteiger partial charge in [-0.2, -0.15) is 0 Å². The second-order valence-corrected chi connectivity index (χ2v) is 4.03. The quantitative estimate of drug-likeness (QED) is 0.777. The summed E-state index contributed by atoms with van der Waals surface area (Å²) < 4.78 is 0. The van der Waals surface area contributed by atoms with E-state index < -0.39 is 0 Å². The molecule has 2 aromatic rings. The van der Waals surface area contributed by atoms with Crippen molar-refractivity contribution in [3.05, 3.63) is 53.9 Å². The van der Waals surface area contributed by atoms with E-state index in [0.717, 1.165) is 16.9 Å². The van der Waals surface area contributed by atoms with Crippen molar-refractivity contribution in [2.75, 3.05) is 12.4 Å². The average Bonchev–Trinajstić information content (AvgIpc) is 2.47. The maximum Gasteiger partial charge on any atom is 0.269 e. The fraction of sp³-hybridized carbons (Fsp3) is 0.143. The normalized spacial score (nSPS) is 10.0. The van der Waals surface area contributed by atoms with E-state index in [9.17, 15) is 4.79 Å². The van der Waals surface area contributed by atoms with E-state index in [0.29, 0.717) is 12.2 Å². The predicted molar refractivity (Wildman–Crippen MR) is 75.2 cm³/mol. The summed E-state index contributed by atoms with van der Waals surface area (Å²) in [7, 11) is 1.58. The molecular weight excluding hydrogens is 240 g/mol. The van der Waals surface area contributed by atoms with Crippen LogP contribution in [0, 0.1) is 0 Å². The third kappa shape index (κ3) is 3.29. The Kier molecular flexibility index (Phi) is 4.10. The molecule has 5 nitrogen and oxygen atoms in total. The summed E-state index contributed by atoms with van der Waals surface area (Å²) in [5, 5.41) is 5.76. The summed E-state index contributed by atoms with van der Waals surface area (Å²) in [6, 6.07) is 11.3. The molecule has 0 atom stereocenters. The van der Waals surface area contributed by atoms with Crippen LogP contribution in [0.2, 0.25) is 0 Å². The second-order valence-electron chi connectivity index (χ2n) is 4.03. The number of benzene rings is 1. The number of nitrogens with one attached hydrogen (secondary N) is 2. The molecular formula is C14H16N4O. The SMILES string of the molecule is CNC(=O)c1cc(Nc2ccc(CN)cc2)ccn1. The van der Waals surface area contributed by atoms with Crippen LogP contribution < -0.4 is 16.4 Å². The van der Waals surface area contributed by atoms with Gasteiger partial charge < -0.3 is 16.4 Å². The number of hydrogen-bond acceptors (Lipinski definition) is 4. The molecule has 1 heterocycles. The largest absolute Gasteiger partial charge is 0.355 e. The van der Waals surface area contributed by atoms with Crippen LogP contribution in [0.3, 0.4) is 0 Å². The summed E-state index contributed by atoms with van der Waals surface area (Å²) in [5.74, 6) is -0.206. The minimum absolute atomic E-state index is 0.206. The number of pyridine rings is 1. The topological polar surface area (TPSA) is 80.0 Å². The molecule has 0 fully saturated rings. The maximum atomic E-state index is 11.5. The van der Waals surface area contributed by atoms with E-state index in [1.807, 2.05) is 30.3 Å². The highest BCUT2D eigenvalue weighted by Gasteiger charge is 2.05. The molecule has 1 amide bonds. The Labute approximate surface area is 111 Å². The molecule has 0 aliphatic rings. The van der Waals surface area contributed by atoms with Gasteiger partial charge in [0.25, 0.3) is 5.91 Å². The zero-order valence-electron chi connectivity index (χ0n) is 10.7. The molecule has 0 radical (unpaired) electrons. The van der Waals surface area contributed by atoms with Gasteiger partial charge in [0.15, 0.2) is 0 Å². The Bertz CT molecular complexity index is 566. The van der Waals surface area contributed by atoms with Crippen molar-refractivity contribution in [3.8, 4) is 0 Å². The third-order valence-corrected chi connectivity index (χ3v) is 2.70. The molecule has 0 saturated heterocycles. The van der Waals surface area contributed by atoms with Crippen LogP contribution >= 0.6 is 0 Å². The summed E-state index contributed by atoms with van der Waals surface area (Å²) in [6.45, 7) is 0.524. The number of nitrogens with zero attached hydrogens (tertiary/aromatic N) is 1. The lowest BCUT2D eigenvalue weighted by Crippen LogP contribution is -2.19. The average molecular weight is 256 g/mol. The fourth-order valence-electron chi connectivity index (χ4n) is 1.65. The van der Waals surface area contributed by atoms with E-state index in [1.165, 1.54) is 0 Å². The van der Waals surface area contributed by atoms with Gasteiger partial charge in [0, 0.05) is 31.2 Å². The predicted octanol–water partition coefficient (Wildman–Crippen LogP) is 1.64. The van der Waals surface area contributed by atoms with E-state index in [4.69, 9.17) is 5.73 Å². The lowest BCUT2D eigenvalue weighted by atomic mass is 10.2. The maximum absolute atomic E-state index is 11.5. The molecule has 19 heavy (non-hydrogen) atoms. The van der Waals surface area contributed by atoms with Crippen LogP contribution in [0.15, 0.2) is 42.6 Å². The molecule has 0 aliphatic heterocycles. The zero-order valence-corrected chi connectivity index (χ0v) is 10.7. The second kappa shape index (κ2) is 5.97. The first-order valence-corrected chi connectivity index (χ1v) is 5.97. The number of carbonyl (C=O) groups excluding carboxylic acids is 1. The zero-order chi connectivity index (χ0) is 13.7. The summed E-state index contributed by atoms with van der Waals surface area (Å²) >= 11 is 0. The van der Waals surface area contributed by atoms with Gasteiger partial charge in [-0.1, -0.05) is 12.1 Å². The van der Waals surface area contributed by atoms with Gasteiger partial charge in [-0.25, -0.2) is 0 Å². The number of nitrogens with two attached hydrogens (primary N) is 1. The standard InChI is InChI=1S/C14H16N4O/c1-16-14(19)13-8-12(6-7-17-13)18-11-4-2-10(9-15)3-5-11/h2-8H,9,15H2,1H3,(H,16,19)(H,17,18). The van der Waals surface area contributed by atoms with Crippen molar-refractivity contribution in [1.29, 1.82) is 0 Å². The van der Waals surface area contributed by atoms with E-state index in [2.05, 4.69) is 15.6 Å². The molecule has 98 valence electrons. The Morgan fingerprint density at radius 1 is 1.21 bits per heavy atom. The van der Waals surface area contributed by atoms with E-state index >= 15 is 0 Å². The summed E-state index contributed by atoms with van der Waals surface area (Å²) in [6.07, 6.45) is 1.60. The van der Waals surface area contributed by atoms with Crippen molar-refractivity contribution in [3.63, 3.8) is 0 Å². The minimum atomic E-state index is -0.206. The summed E-state index contributed by atoms with van der Waals surface area (Å²) in [5.41, 5.74) is 8.75. The van der Waals surface area contributed by atoms with Crippen LogP contribution in [0.4, 0.5) is 11.4 Å². The molecule has 0 spiro atoms. The number of hydrogen-bond donors (Lipinski definition) is 3. The van der Waals surface area contributed by atoms with Gasteiger partial charge >= 0.3 is 0 Å². The highest BCUT2D eigenvalue weighted by Crippen LogP contribution is 2.17. The Balaban J connectivity index is 2.16. The molecule has 0 unspecified atom stereocenters. The molecule has 4 N–H and O–H groups in total. The van der Waals surface area contributed by atoms with Gasteiger partial charge in [0.2, 0.25) is 0 Å². The van der Waals surface area contributed by atoms with Crippen molar-refractivity contribution >= 4 is 17.3 Å². The van der Waals surface area contributed by atoms with Crippen LogP contribution in [-0.2, 0) is 6.54 Å². The van der Waals surface area contributed by atoms with Gasteiger partial charge in [-0.3, -0.25) is 9.78 Å². The third-order valence-electron chi connectivity index (χ3n) is 2.70. The van der Waals surface area contributed by atoms with Crippen molar-refractivity contribution < 1.29 is 4.79 Å². The molecule has 2 rings (SSSR count). The highest BCUT2D eigenvalue weighted by molar-refractivity contribution is 5.93. The van der Waals surface area contributed by atoms with Gasteiger partial charge in [-0.05, 0) is 29.8 Å². The molecule has 0 saturated carbocycles. The van der Waals surface area contributed by atoms with Crippen molar-refractivity contribution in [2.45, 2.75) is 6.54 Å². The van der Waals surface area contributed by atoms with Crippen LogP contribution in [0.25, 0.3) is 0 Å². The molecule has 1 aromatic carbocycles. The smallest absolute Gasteiger partial charge is 0.269 e. The monoisotopic (exact) mass is 256 g/mol. The lowest BCUT2D eigenvalue weighted by molar-refractivity contribution is 0.0958. The Morgan fingerprint density at radius 2 is 1.95 bits per heavy atom. The van der Waals surface area contributed by atoms with Crippen molar-refractivity contribution in [2.24, 2.45) is 5.73 Å². The molecule has 5 heteroatoms. The van der Waals surface area contributed by atoms with Crippen molar-refractivity contribution in [1.82, 2.24) is 10.3 Å². The lowest BCUT2D eigenvalue weighted by Gasteiger charge is -2.08. The number of aromatic nitrogens is 1. The molecule has 1 aromatic heterocycles. The number of carbonyl (C=O) groups is 1.